The number of pyridine rings is 1. The summed E-state index contributed by atoms with van der Waals surface area (Å²) in [5.74, 6) is -0.355. The Morgan fingerprint density at radius 1 is 1.03 bits per heavy atom. The minimum absolute atomic E-state index is 0.0231. The quantitative estimate of drug-likeness (QED) is 0.311. The normalized spacial score (nSPS) is 10.6. The maximum Gasteiger partial charge on any atom is 0.269 e. The van der Waals surface area contributed by atoms with Gasteiger partial charge >= 0.3 is 0 Å². The fourth-order valence-electron chi connectivity index (χ4n) is 2.44. The minimum Gasteiger partial charge on any atom is -0.322 e. The molecule has 0 unspecified atom stereocenters. The summed E-state index contributed by atoms with van der Waals surface area (Å²) in [5.41, 5.74) is 1.43. The Hall–Kier alpha value is -3.85. The first-order chi connectivity index (χ1) is 14.4. The Morgan fingerprint density at radius 3 is 2.47 bits per heavy atom. The van der Waals surface area contributed by atoms with Gasteiger partial charge in [-0.2, -0.15) is 0 Å². The molecule has 3 aromatic rings. The fourth-order valence-corrected chi connectivity index (χ4v) is 2.67. The number of nitrogens with zero attached hydrogens (tertiary/aromatic N) is 2. The van der Waals surface area contributed by atoms with Gasteiger partial charge in [0.15, 0.2) is 0 Å². The van der Waals surface area contributed by atoms with Crippen molar-refractivity contribution in [1.29, 1.82) is 0 Å². The zero-order valence-electron chi connectivity index (χ0n) is 15.4. The summed E-state index contributed by atoms with van der Waals surface area (Å²) in [5, 5.41) is 16.0. The highest BCUT2D eigenvalue weighted by Crippen LogP contribution is 2.15. The maximum absolute atomic E-state index is 12.4. The Balaban J connectivity index is 1.62. The molecule has 0 atom stereocenters. The van der Waals surface area contributed by atoms with E-state index < -0.39 is 10.8 Å². The molecule has 9 heteroatoms. The molecular weight excluding hydrogens is 452 g/mol. The molecular formula is C21H15BrN4O4. The van der Waals surface area contributed by atoms with Crippen molar-refractivity contribution in [3.63, 3.8) is 0 Å². The van der Waals surface area contributed by atoms with Gasteiger partial charge in [-0.05, 0) is 70.0 Å². The lowest BCUT2D eigenvalue weighted by Gasteiger charge is -2.07. The predicted octanol–water partition coefficient (Wildman–Crippen LogP) is 4.66. The number of anilines is 2. The fraction of sp³-hybridized carbons (Fsp3) is 0. The second-order valence-electron chi connectivity index (χ2n) is 6.07. The molecule has 8 nitrogen and oxygen atoms in total. The van der Waals surface area contributed by atoms with Gasteiger partial charge < -0.3 is 10.6 Å². The summed E-state index contributed by atoms with van der Waals surface area (Å²) in [7, 11) is 0. The van der Waals surface area contributed by atoms with Crippen LogP contribution in [0, 0.1) is 10.1 Å². The Bertz CT molecular complexity index is 1110. The van der Waals surface area contributed by atoms with Crippen LogP contribution in [0.25, 0.3) is 6.08 Å². The molecule has 1 aromatic heterocycles. The monoisotopic (exact) mass is 466 g/mol. The molecule has 2 N–H and O–H groups in total. The number of nitrogens with one attached hydrogen (secondary N) is 2. The van der Waals surface area contributed by atoms with Crippen molar-refractivity contribution in [1.82, 2.24) is 4.98 Å². The van der Waals surface area contributed by atoms with E-state index in [1.54, 1.807) is 54.7 Å². The van der Waals surface area contributed by atoms with Gasteiger partial charge in [0.2, 0.25) is 5.91 Å². The molecule has 0 radical (unpaired) electrons. The van der Waals surface area contributed by atoms with Gasteiger partial charge in [-0.15, -0.1) is 0 Å². The van der Waals surface area contributed by atoms with Crippen LogP contribution >= 0.6 is 15.9 Å². The largest absolute Gasteiger partial charge is 0.322 e. The summed E-state index contributed by atoms with van der Waals surface area (Å²) < 4.78 is 0.798. The first-order valence-electron chi connectivity index (χ1n) is 8.67. The van der Waals surface area contributed by atoms with Crippen LogP contribution in [-0.2, 0) is 4.79 Å². The zero-order valence-corrected chi connectivity index (χ0v) is 17.0. The van der Waals surface area contributed by atoms with E-state index in [1.807, 2.05) is 0 Å². The highest BCUT2D eigenvalue weighted by Gasteiger charge is 2.09. The van der Waals surface area contributed by atoms with E-state index in [2.05, 4.69) is 31.5 Å². The van der Waals surface area contributed by atoms with E-state index in [-0.39, 0.29) is 11.6 Å². The van der Waals surface area contributed by atoms with Gasteiger partial charge in [0.1, 0.15) is 5.82 Å². The number of hydrogen-bond acceptors (Lipinski definition) is 5. The minimum atomic E-state index is -0.490. The van der Waals surface area contributed by atoms with Crippen molar-refractivity contribution < 1.29 is 14.5 Å². The van der Waals surface area contributed by atoms with Crippen molar-refractivity contribution in [2.45, 2.75) is 0 Å². The summed E-state index contributed by atoms with van der Waals surface area (Å²) >= 11 is 3.28. The van der Waals surface area contributed by atoms with E-state index in [0.717, 1.165) is 4.47 Å². The average Bonchev–Trinajstić information content (AvgIpc) is 2.74. The number of carbonyl (C=O) groups is 2. The molecule has 3 rings (SSSR count). The number of rotatable bonds is 6. The van der Waals surface area contributed by atoms with Gasteiger partial charge in [-0.1, -0.05) is 6.07 Å². The molecule has 0 aliphatic heterocycles. The molecule has 0 aliphatic rings. The predicted molar refractivity (Wildman–Crippen MR) is 117 cm³/mol. The van der Waals surface area contributed by atoms with Gasteiger partial charge in [0.25, 0.3) is 11.6 Å². The Morgan fingerprint density at radius 2 is 1.80 bits per heavy atom. The molecule has 0 fully saturated rings. The Labute approximate surface area is 179 Å². The van der Waals surface area contributed by atoms with Gasteiger partial charge in [0.05, 0.1) is 4.92 Å². The summed E-state index contributed by atoms with van der Waals surface area (Å²) in [4.78, 5) is 38.8. The number of hydrogen-bond donors (Lipinski definition) is 2. The third-order valence-electron chi connectivity index (χ3n) is 3.89. The SMILES string of the molecule is O=C(C=Cc1ccc([N+](=O)[O-])cc1)Nc1cccc(C(=O)Nc2ccc(Br)cn2)c1. The number of aromatic nitrogens is 1. The number of benzene rings is 2. The van der Waals surface area contributed by atoms with Crippen molar-refractivity contribution in [3.05, 3.63) is 98.7 Å². The summed E-state index contributed by atoms with van der Waals surface area (Å²) in [6, 6.07) is 15.7. The number of halogens is 1. The number of amides is 2. The van der Waals surface area contributed by atoms with E-state index in [9.17, 15) is 19.7 Å². The molecule has 150 valence electrons. The highest BCUT2D eigenvalue weighted by atomic mass is 79.9. The molecule has 0 saturated carbocycles. The van der Waals surface area contributed by atoms with Crippen LogP contribution in [0.5, 0.6) is 0 Å². The number of nitro groups is 1. The van der Waals surface area contributed by atoms with Crippen LogP contribution in [0.2, 0.25) is 0 Å². The van der Waals surface area contributed by atoms with E-state index in [0.29, 0.717) is 22.6 Å². The van der Waals surface area contributed by atoms with Crippen molar-refractivity contribution in [3.8, 4) is 0 Å². The van der Waals surface area contributed by atoms with Gasteiger partial charge in [-0.25, -0.2) is 4.98 Å². The number of non-ortho nitro benzene ring substituents is 1. The smallest absolute Gasteiger partial charge is 0.269 e. The molecule has 0 aliphatic carbocycles. The summed E-state index contributed by atoms with van der Waals surface area (Å²) in [6.45, 7) is 0. The van der Waals surface area contributed by atoms with Crippen molar-refractivity contribution >= 4 is 51.0 Å². The molecule has 2 amide bonds. The van der Waals surface area contributed by atoms with Crippen LogP contribution in [0.1, 0.15) is 15.9 Å². The lowest BCUT2D eigenvalue weighted by Crippen LogP contribution is -2.14. The number of nitro benzene ring substituents is 1. The molecule has 30 heavy (non-hydrogen) atoms. The van der Waals surface area contributed by atoms with Crippen LogP contribution < -0.4 is 10.6 Å². The first kappa shape index (κ1) is 20.9. The van der Waals surface area contributed by atoms with E-state index >= 15 is 0 Å². The van der Waals surface area contributed by atoms with Gasteiger partial charge in [-0.3, -0.25) is 19.7 Å². The third-order valence-corrected chi connectivity index (χ3v) is 4.36. The molecule has 0 bridgehead atoms. The van der Waals surface area contributed by atoms with Crippen LogP contribution in [0.15, 0.2) is 77.4 Å². The number of carbonyl (C=O) groups excluding carboxylic acids is 2. The second kappa shape index (κ2) is 9.57. The van der Waals surface area contributed by atoms with Crippen molar-refractivity contribution in [2.75, 3.05) is 10.6 Å². The standard InChI is InChI=1S/C21H15BrN4O4/c22-16-7-10-19(23-13-16)25-21(28)15-2-1-3-17(12-15)24-20(27)11-6-14-4-8-18(9-5-14)26(29)30/h1-13H,(H,24,27)(H,23,25,28). The molecule has 0 spiro atoms. The van der Waals surface area contributed by atoms with E-state index in [4.69, 9.17) is 0 Å². The highest BCUT2D eigenvalue weighted by molar-refractivity contribution is 9.10. The maximum atomic E-state index is 12.4. The van der Waals surface area contributed by atoms with Crippen LogP contribution in [0.4, 0.5) is 17.2 Å². The summed E-state index contributed by atoms with van der Waals surface area (Å²) in [6.07, 6.45) is 4.41. The first-order valence-corrected chi connectivity index (χ1v) is 9.46. The molecule has 0 saturated heterocycles. The lowest BCUT2D eigenvalue weighted by atomic mass is 10.1. The van der Waals surface area contributed by atoms with E-state index in [1.165, 1.54) is 24.3 Å². The van der Waals surface area contributed by atoms with Crippen molar-refractivity contribution in [2.24, 2.45) is 0 Å². The average molecular weight is 467 g/mol. The van der Waals surface area contributed by atoms with Gasteiger partial charge in [0, 0.05) is 40.1 Å². The third kappa shape index (κ3) is 5.82. The van der Waals surface area contributed by atoms with Crippen LogP contribution in [0.3, 0.4) is 0 Å². The Kier molecular flexibility index (Phi) is 6.66. The lowest BCUT2D eigenvalue weighted by molar-refractivity contribution is -0.384. The second-order valence-corrected chi connectivity index (χ2v) is 6.98. The molecule has 1 heterocycles. The topological polar surface area (TPSA) is 114 Å². The molecule has 2 aromatic carbocycles. The zero-order chi connectivity index (χ0) is 21.5. The van der Waals surface area contributed by atoms with Crippen LogP contribution in [-0.4, -0.2) is 21.7 Å².